The Morgan fingerprint density at radius 3 is 2.04 bits per heavy atom. The molecule has 0 unspecified atom stereocenters. The highest BCUT2D eigenvalue weighted by molar-refractivity contribution is 5.95. The Labute approximate surface area is 336 Å². The lowest BCUT2D eigenvalue weighted by Gasteiger charge is -2.37. The van der Waals surface area contributed by atoms with Crippen LogP contribution in [0.4, 0.5) is 21.0 Å². The monoisotopic (exact) mass is 784 g/mol. The van der Waals surface area contributed by atoms with Gasteiger partial charge in [0.2, 0.25) is 0 Å². The summed E-state index contributed by atoms with van der Waals surface area (Å²) in [6.45, 7) is 16.0. The molecule has 4 heterocycles. The quantitative estimate of drug-likeness (QED) is 0.247. The molecule has 2 N–H and O–H groups in total. The Morgan fingerprint density at radius 1 is 0.877 bits per heavy atom. The fraction of sp³-hybridized carbons (Fsp3) is 0.558. The molecule has 0 aliphatic carbocycles. The van der Waals surface area contributed by atoms with Gasteiger partial charge in [-0.15, -0.1) is 0 Å². The van der Waals surface area contributed by atoms with E-state index in [0.717, 1.165) is 54.7 Å². The standard InChI is InChI=1S/C43H60N8O6/c1-28(2)51-38-29(3)26-50(33-15-11-31(12-16-33)40(53)47(7)8)27-36(38)37(46-51)39(52)44-25-30-9-13-32(14-10-30)45-41(54)48-21-17-34(18-22-48)56-35-19-23-49(24-20-35)42(55)57-43(4,5)6/h9-16,28-29,34-35H,17-27H2,1-8H3,(H,44,52)(H,45,54)/t29-/m0/s1. The highest BCUT2D eigenvalue weighted by atomic mass is 16.6. The average molecular weight is 785 g/mol. The van der Waals surface area contributed by atoms with E-state index in [-0.39, 0.29) is 48.1 Å². The fourth-order valence-electron chi connectivity index (χ4n) is 7.82. The van der Waals surface area contributed by atoms with E-state index in [1.54, 1.807) is 23.9 Å². The lowest BCUT2D eigenvalue weighted by molar-refractivity contribution is -0.0624. The zero-order chi connectivity index (χ0) is 41.0. The molecule has 0 radical (unpaired) electrons. The predicted octanol–water partition coefficient (Wildman–Crippen LogP) is 6.63. The summed E-state index contributed by atoms with van der Waals surface area (Å²) in [5, 5.41) is 10.9. The van der Waals surface area contributed by atoms with Crippen LogP contribution in [-0.4, -0.2) is 113 Å². The highest BCUT2D eigenvalue weighted by Gasteiger charge is 2.34. The number of fused-ring (bicyclic) bond motifs is 1. The third-order valence-corrected chi connectivity index (χ3v) is 10.8. The molecule has 1 atom stereocenters. The molecule has 14 heteroatoms. The predicted molar refractivity (Wildman–Crippen MR) is 220 cm³/mol. The van der Waals surface area contributed by atoms with E-state index in [1.165, 1.54) is 0 Å². The molecule has 0 saturated carbocycles. The molecule has 3 aliphatic heterocycles. The van der Waals surface area contributed by atoms with Crippen molar-refractivity contribution in [1.82, 2.24) is 29.8 Å². The van der Waals surface area contributed by atoms with Gasteiger partial charge in [-0.2, -0.15) is 5.10 Å². The zero-order valence-corrected chi connectivity index (χ0v) is 34.8. The van der Waals surface area contributed by atoms with Crippen molar-refractivity contribution in [2.75, 3.05) is 57.0 Å². The van der Waals surface area contributed by atoms with Crippen LogP contribution < -0.4 is 15.5 Å². The van der Waals surface area contributed by atoms with E-state index >= 15 is 0 Å². The second kappa shape index (κ2) is 17.6. The van der Waals surface area contributed by atoms with E-state index < -0.39 is 5.60 Å². The van der Waals surface area contributed by atoms with E-state index in [2.05, 4.69) is 36.3 Å². The number of carbonyl (C=O) groups excluding carboxylic acids is 4. The van der Waals surface area contributed by atoms with Crippen molar-refractivity contribution in [3.05, 3.63) is 76.6 Å². The number of anilines is 2. The van der Waals surface area contributed by atoms with Gasteiger partial charge in [-0.25, -0.2) is 9.59 Å². The lowest BCUT2D eigenvalue weighted by Crippen LogP contribution is -2.46. The first kappa shape index (κ1) is 41.5. The number of carbonyl (C=O) groups is 4. The maximum absolute atomic E-state index is 13.7. The number of hydrogen-bond donors (Lipinski definition) is 2. The number of rotatable bonds is 9. The van der Waals surface area contributed by atoms with Crippen LogP contribution in [0.2, 0.25) is 0 Å². The SMILES string of the molecule is CC(C)n1nc(C(=O)NCc2ccc(NC(=O)N3CCC(OC4CCN(C(=O)OC(C)(C)C)CC4)CC3)cc2)c2c1[C@@H](C)CN(c1ccc(C(=O)N(C)C)cc1)C2. The van der Waals surface area contributed by atoms with Crippen molar-refractivity contribution in [2.24, 2.45) is 0 Å². The molecule has 6 rings (SSSR count). The number of aromatic nitrogens is 2. The Hall–Kier alpha value is -5.11. The van der Waals surface area contributed by atoms with E-state index in [9.17, 15) is 19.2 Å². The van der Waals surface area contributed by atoms with Crippen LogP contribution in [0.25, 0.3) is 0 Å². The van der Waals surface area contributed by atoms with Gasteiger partial charge in [0.15, 0.2) is 5.69 Å². The molecule has 0 spiro atoms. The van der Waals surface area contributed by atoms with Crippen molar-refractivity contribution >= 4 is 35.3 Å². The van der Waals surface area contributed by atoms with Gasteiger partial charge in [0.05, 0.1) is 12.2 Å². The van der Waals surface area contributed by atoms with Gasteiger partial charge in [-0.05, 0) is 102 Å². The summed E-state index contributed by atoms with van der Waals surface area (Å²) >= 11 is 0. The number of piperidine rings is 2. The van der Waals surface area contributed by atoms with E-state index in [4.69, 9.17) is 14.6 Å². The third kappa shape index (κ3) is 10.3. The molecule has 0 bridgehead atoms. The fourth-order valence-corrected chi connectivity index (χ4v) is 7.82. The minimum Gasteiger partial charge on any atom is -0.444 e. The van der Waals surface area contributed by atoms with Crippen LogP contribution in [-0.2, 0) is 22.6 Å². The van der Waals surface area contributed by atoms with Gasteiger partial charge in [0.25, 0.3) is 11.8 Å². The first-order valence-corrected chi connectivity index (χ1v) is 20.3. The second-order valence-electron chi connectivity index (χ2n) is 17.1. The Morgan fingerprint density at radius 2 is 1.47 bits per heavy atom. The van der Waals surface area contributed by atoms with Crippen molar-refractivity contribution in [3.8, 4) is 0 Å². The van der Waals surface area contributed by atoms with E-state index in [1.807, 2.05) is 78.9 Å². The number of benzene rings is 2. The molecule has 2 fully saturated rings. The first-order chi connectivity index (χ1) is 27.1. The number of likely N-dealkylation sites (tertiary alicyclic amines) is 2. The Kier molecular flexibility index (Phi) is 12.8. The molecule has 2 aromatic carbocycles. The summed E-state index contributed by atoms with van der Waals surface area (Å²) in [7, 11) is 3.48. The van der Waals surface area contributed by atoms with Crippen molar-refractivity contribution in [3.63, 3.8) is 0 Å². The third-order valence-electron chi connectivity index (χ3n) is 10.8. The lowest BCUT2D eigenvalue weighted by atomic mass is 9.95. The molecule has 1 aromatic heterocycles. The Bertz CT molecular complexity index is 1890. The molecule has 308 valence electrons. The summed E-state index contributed by atoms with van der Waals surface area (Å²) in [5.74, 6) is -0.140. The van der Waals surface area contributed by atoms with Crippen molar-refractivity contribution in [1.29, 1.82) is 0 Å². The van der Waals surface area contributed by atoms with Crippen LogP contribution in [0.3, 0.4) is 0 Å². The molecule has 5 amide bonds. The summed E-state index contributed by atoms with van der Waals surface area (Å²) in [5.41, 5.74) is 5.12. The number of amides is 5. The largest absolute Gasteiger partial charge is 0.444 e. The van der Waals surface area contributed by atoms with Crippen LogP contribution >= 0.6 is 0 Å². The minimum absolute atomic E-state index is 0.0436. The number of hydrogen-bond acceptors (Lipinski definition) is 8. The molecule has 2 saturated heterocycles. The maximum Gasteiger partial charge on any atom is 0.410 e. The summed E-state index contributed by atoms with van der Waals surface area (Å²) in [6.07, 6.45) is 3.01. The van der Waals surface area contributed by atoms with Crippen molar-refractivity contribution in [2.45, 2.75) is 110 Å². The Balaban J connectivity index is 0.977. The molecule has 3 aromatic rings. The molecular formula is C43H60N8O6. The van der Waals surface area contributed by atoms with Gasteiger partial charge in [-0.3, -0.25) is 14.3 Å². The van der Waals surface area contributed by atoms with Gasteiger partial charge >= 0.3 is 12.1 Å². The molecular weight excluding hydrogens is 725 g/mol. The normalized spacial score (nSPS) is 18.0. The zero-order valence-electron chi connectivity index (χ0n) is 34.8. The minimum atomic E-state index is -0.509. The summed E-state index contributed by atoms with van der Waals surface area (Å²) in [4.78, 5) is 59.1. The van der Waals surface area contributed by atoms with Gasteiger partial charge < -0.3 is 39.7 Å². The summed E-state index contributed by atoms with van der Waals surface area (Å²) in [6, 6.07) is 15.1. The number of urea groups is 1. The topological polar surface area (TPSA) is 142 Å². The van der Waals surface area contributed by atoms with Crippen LogP contribution in [0.5, 0.6) is 0 Å². The van der Waals surface area contributed by atoms with Crippen LogP contribution in [0.15, 0.2) is 48.5 Å². The van der Waals surface area contributed by atoms with Gasteiger partial charge in [0, 0.05) is 100 Å². The molecule has 57 heavy (non-hydrogen) atoms. The highest BCUT2D eigenvalue weighted by Crippen LogP contribution is 2.35. The molecule has 14 nitrogen and oxygen atoms in total. The van der Waals surface area contributed by atoms with Gasteiger partial charge in [0.1, 0.15) is 5.60 Å². The van der Waals surface area contributed by atoms with Crippen LogP contribution in [0.1, 0.15) is 117 Å². The summed E-state index contributed by atoms with van der Waals surface area (Å²) < 4.78 is 13.9. The van der Waals surface area contributed by atoms with Crippen molar-refractivity contribution < 1.29 is 28.7 Å². The number of ether oxygens (including phenoxy) is 2. The average Bonchev–Trinajstić information content (AvgIpc) is 3.58. The van der Waals surface area contributed by atoms with Crippen LogP contribution in [0, 0.1) is 0 Å². The first-order valence-electron chi connectivity index (χ1n) is 20.3. The smallest absolute Gasteiger partial charge is 0.410 e. The number of nitrogens with zero attached hydrogens (tertiary/aromatic N) is 6. The maximum atomic E-state index is 13.7. The van der Waals surface area contributed by atoms with E-state index in [0.29, 0.717) is 56.2 Å². The number of nitrogens with one attached hydrogen (secondary N) is 2. The molecule has 3 aliphatic rings. The second-order valence-corrected chi connectivity index (χ2v) is 17.1. The van der Waals surface area contributed by atoms with Gasteiger partial charge in [-0.1, -0.05) is 19.1 Å².